The number of aryl methyl sites for hydroxylation is 1. The van der Waals surface area contributed by atoms with Crippen LogP contribution in [-0.4, -0.2) is 31.2 Å². The molecule has 0 bridgehead atoms. The second-order valence-electron chi connectivity index (χ2n) is 6.94. The molecule has 162 valence electrons. The molecular weight excluding hydrogens is 459 g/mol. The van der Waals surface area contributed by atoms with Gasteiger partial charge in [-0.1, -0.05) is 35.1 Å². The van der Waals surface area contributed by atoms with Crippen molar-refractivity contribution in [2.45, 2.75) is 17.6 Å². The normalized spacial score (nSPS) is 14.3. The number of hydrogen-bond acceptors (Lipinski definition) is 6. The van der Waals surface area contributed by atoms with Crippen molar-refractivity contribution in [3.05, 3.63) is 52.9 Å². The Morgan fingerprint density at radius 2 is 1.94 bits per heavy atom. The first kappa shape index (κ1) is 21.9. The van der Waals surface area contributed by atoms with E-state index in [4.69, 9.17) is 21.5 Å². The molecular formula is C21H20ClFN4O2S2. The maximum atomic E-state index is 14.5. The van der Waals surface area contributed by atoms with Crippen LogP contribution in [0.5, 0.6) is 5.75 Å². The highest BCUT2D eigenvalue weighted by atomic mass is 35.5. The summed E-state index contributed by atoms with van der Waals surface area (Å²) in [4.78, 5) is 21.0. The summed E-state index contributed by atoms with van der Waals surface area (Å²) in [6.07, 6.45) is 0.803. The summed E-state index contributed by atoms with van der Waals surface area (Å²) in [5.41, 5.74) is 2.53. The third-order valence-electron chi connectivity index (χ3n) is 5.03. The molecule has 2 N–H and O–H groups in total. The average molecular weight is 479 g/mol. The molecule has 4 rings (SSSR count). The van der Waals surface area contributed by atoms with Crippen molar-refractivity contribution in [3.8, 4) is 16.9 Å². The zero-order valence-electron chi connectivity index (χ0n) is 16.9. The molecule has 0 radical (unpaired) electrons. The SMILES string of the molecule is COc1cc(Cl)c(F)c(-c2ccc(N3CCCN(c4nc(C)c(SN)s4)C3=O)cc2)c1. The number of nitrogens with two attached hydrogens (primary N) is 1. The first-order chi connectivity index (χ1) is 14.9. The van der Waals surface area contributed by atoms with Gasteiger partial charge in [-0.25, -0.2) is 14.2 Å². The van der Waals surface area contributed by atoms with Gasteiger partial charge in [-0.05, 0) is 49.1 Å². The molecule has 2 aromatic carbocycles. The maximum absolute atomic E-state index is 14.5. The Balaban J connectivity index is 1.60. The van der Waals surface area contributed by atoms with E-state index in [9.17, 15) is 9.18 Å². The van der Waals surface area contributed by atoms with Gasteiger partial charge in [0, 0.05) is 30.4 Å². The summed E-state index contributed by atoms with van der Waals surface area (Å²) < 4.78 is 20.6. The van der Waals surface area contributed by atoms with Crippen LogP contribution in [0.1, 0.15) is 12.1 Å². The van der Waals surface area contributed by atoms with Crippen LogP contribution in [0, 0.1) is 12.7 Å². The van der Waals surface area contributed by atoms with E-state index in [1.165, 1.54) is 24.5 Å². The largest absolute Gasteiger partial charge is 0.497 e. The van der Waals surface area contributed by atoms with Crippen LogP contribution in [0.25, 0.3) is 11.1 Å². The lowest BCUT2D eigenvalue weighted by Gasteiger charge is -2.34. The molecule has 6 nitrogen and oxygen atoms in total. The van der Waals surface area contributed by atoms with Gasteiger partial charge in [0.2, 0.25) is 0 Å². The Morgan fingerprint density at radius 3 is 2.58 bits per heavy atom. The van der Waals surface area contributed by atoms with E-state index in [1.54, 1.807) is 40.1 Å². The predicted molar refractivity (Wildman–Crippen MR) is 125 cm³/mol. The number of nitrogens with zero attached hydrogens (tertiary/aromatic N) is 3. The number of benzene rings is 2. The number of ether oxygens (including phenoxy) is 1. The van der Waals surface area contributed by atoms with Crippen molar-refractivity contribution >= 4 is 51.7 Å². The number of rotatable bonds is 5. The molecule has 1 aliphatic rings. The van der Waals surface area contributed by atoms with Crippen molar-refractivity contribution in [2.75, 3.05) is 30.0 Å². The topological polar surface area (TPSA) is 71.7 Å². The number of urea groups is 1. The van der Waals surface area contributed by atoms with Crippen LogP contribution in [0.3, 0.4) is 0 Å². The molecule has 3 aromatic rings. The Bertz CT molecular complexity index is 1120. The molecule has 0 aliphatic carbocycles. The highest BCUT2D eigenvalue weighted by Crippen LogP contribution is 2.35. The zero-order valence-corrected chi connectivity index (χ0v) is 19.3. The molecule has 0 unspecified atom stereocenters. The summed E-state index contributed by atoms with van der Waals surface area (Å²) in [5.74, 6) is -0.0377. The van der Waals surface area contributed by atoms with Gasteiger partial charge >= 0.3 is 6.03 Å². The smallest absolute Gasteiger partial charge is 0.330 e. The highest BCUT2D eigenvalue weighted by molar-refractivity contribution is 7.99. The summed E-state index contributed by atoms with van der Waals surface area (Å²) in [6, 6.07) is 10.0. The monoisotopic (exact) mass is 478 g/mol. The minimum atomic E-state index is -0.511. The lowest BCUT2D eigenvalue weighted by Crippen LogP contribution is -2.49. The van der Waals surface area contributed by atoms with Crippen molar-refractivity contribution in [2.24, 2.45) is 5.14 Å². The molecule has 0 saturated carbocycles. The number of amides is 2. The van der Waals surface area contributed by atoms with Gasteiger partial charge in [-0.3, -0.25) is 14.9 Å². The Kier molecular flexibility index (Phi) is 6.38. The molecule has 1 fully saturated rings. The molecule has 2 heterocycles. The van der Waals surface area contributed by atoms with Crippen molar-refractivity contribution in [3.63, 3.8) is 0 Å². The number of halogens is 2. The van der Waals surface area contributed by atoms with Gasteiger partial charge in [-0.15, -0.1) is 0 Å². The minimum Gasteiger partial charge on any atom is -0.497 e. The quantitative estimate of drug-likeness (QED) is 0.474. The Morgan fingerprint density at radius 1 is 1.23 bits per heavy atom. The number of anilines is 2. The highest BCUT2D eigenvalue weighted by Gasteiger charge is 2.30. The van der Waals surface area contributed by atoms with E-state index in [2.05, 4.69) is 4.98 Å². The van der Waals surface area contributed by atoms with E-state index in [-0.39, 0.29) is 11.1 Å². The van der Waals surface area contributed by atoms with Crippen molar-refractivity contribution in [1.29, 1.82) is 0 Å². The molecule has 2 amide bonds. The van der Waals surface area contributed by atoms with E-state index < -0.39 is 5.82 Å². The number of methoxy groups -OCH3 is 1. The van der Waals surface area contributed by atoms with Crippen LogP contribution in [0.4, 0.5) is 20.0 Å². The molecule has 1 aromatic heterocycles. The molecule has 1 aliphatic heterocycles. The molecule has 10 heteroatoms. The van der Waals surface area contributed by atoms with E-state index in [1.807, 2.05) is 6.92 Å². The van der Waals surface area contributed by atoms with Crippen LogP contribution in [0.15, 0.2) is 40.6 Å². The maximum Gasteiger partial charge on any atom is 0.330 e. The Labute approximate surface area is 192 Å². The van der Waals surface area contributed by atoms with Crippen LogP contribution in [-0.2, 0) is 0 Å². The molecule has 0 atom stereocenters. The fraction of sp³-hybridized carbons (Fsp3) is 0.238. The van der Waals surface area contributed by atoms with Gasteiger partial charge in [0.25, 0.3) is 0 Å². The summed E-state index contributed by atoms with van der Waals surface area (Å²) in [6.45, 7) is 3.07. The van der Waals surface area contributed by atoms with E-state index >= 15 is 0 Å². The summed E-state index contributed by atoms with van der Waals surface area (Å²) in [5, 5.41) is 6.32. The van der Waals surface area contributed by atoms with Gasteiger partial charge in [0.15, 0.2) is 5.13 Å². The van der Waals surface area contributed by atoms with Crippen molar-refractivity contribution in [1.82, 2.24) is 4.98 Å². The summed E-state index contributed by atoms with van der Waals surface area (Å²) >= 11 is 8.54. The first-order valence-electron chi connectivity index (χ1n) is 9.49. The third kappa shape index (κ3) is 4.23. The predicted octanol–water partition coefficient (Wildman–Crippen LogP) is 5.72. The van der Waals surface area contributed by atoms with E-state index in [0.29, 0.717) is 35.1 Å². The molecule has 31 heavy (non-hydrogen) atoms. The number of carbonyl (C=O) groups excluding carboxylic acids is 1. The summed E-state index contributed by atoms with van der Waals surface area (Å²) in [7, 11) is 1.50. The average Bonchev–Trinajstić information content (AvgIpc) is 3.16. The fourth-order valence-corrected chi connectivity index (χ4v) is 5.11. The van der Waals surface area contributed by atoms with Gasteiger partial charge < -0.3 is 4.74 Å². The second kappa shape index (κ2) is 9.04. The zero-order chi connectivity index (χ0) is 22.1. The van der Waals surface area contributed by atoms with Crippen LogP contribution >= 0.6 is 34.9 Å². The number of aromatic nitrogens is 1. The van der Waals surface area contributed by atoms with Gasteiger partial charge in [0.1, 0.15) is 11.6 Å². The lowest BCUT2D eigenvalue weighted by molar-refractivity contribution is 0.248. The minimum absolute atomic E-state index is 0.00553. The number of carbonyl (C=O) groups is 1. The van der Waals surface area contributed by atoms with Crippen LogP contribution in [0.2, 0.25) is 5.02 Å². The fourth-order valence-electron chi connectivity index (χ4n) is 3.45. The van der Waals surface area contributed by atoms with Gasteiger partial charge in [-0.2, -0.15) is 0 Å². The third-order valence-corrected chi connectivity index (χ3v) is 7.33. The first-order valence-corrected chi connectivity index (χ1v) is 11.6. The standard InChI is InChI=1S/C21H20ClFN4O2S2/c1-12-19(31-24)30-20(25-12)27-9-3-8-26(21(27)28)14-6-4-13(5-7-14)16-10-15(29-2)11-17(22)18(16)23/h4-7,10-11H,3,8-9,24H2,1-2H3. The lowest BCUT2D eigenvalue weighted by atomic mass is 10.0. The number of hydrogen-bond donors (Lipinski definition) is 1. The van der Waals surface area contributed by atoms with Crippen LogP contribution < -0.4 is 19.7 Å². The van der Waals surface area contributed by atoms with Gasteiger partial charge in [0.05, 0.1) is 22.0 Å². The Hall–Kier alpha value is -2.33. The van der Waals surface area contributed by atoms with E-state index in [0.717, 1.165) is 34.0 Å². The number of thiazole rings is 1. The van der Waals surface area contributed by atoms with Crippen molar-refractivity contribution < 1.29 is 13.9 Å². The molecule has 0 spiro atoms. The second-order valence-corrected chi connectivity index (χ2v) is 9.23. The molecule has 1 saturated heterocycles.